The maximum atomic E-state index is 12.1. The molecule has 0 spiro atoms. The predicted octanol–water partition coefficient (Wildman–Crippen LogP) is 2.22. The molecule has 7 nitrogen and oxygen atoms in total. The van der Waals surface area contributed by atoms with E-state index in [0.717, 1.165) is 11.1 Å². The van der Waals surface area contributed by atoms with Gasteiger partial charge in [-0.15, -0.1) is 0 Å². The molecule has 1 heterocycles. The number of hydrogen-bond donors (Lipinski definition) is 2. The fourth-order valence-corrected chi connectivity index (χ4v) is 2.25. The van der Waals surface area contributed by atoms with Crippen molar-refractivity contribution in [2.75, 3.05) is 19.5 Å². The van der Waals surface area contributed by atoms with E-state index in [0.29, 0.717) is 17.3 Å². The smallest absolute Gasteiger partial charge is 0.314 e. The number of methoxy groups -OCH3 is 2. The molecule has 2 N–H and O–H groups in total. The van der Waals surface area contributed by atoms with Gasteiger partial charge in [-0.25, -0.2) is 4.98 Å². The first-order valence-electron chi connectivity index (χ1n) is 7.71. The summed E-state index contributed by atoms with van der Waals surface area (Å²) >= 11 is 0. The molecule has 1 unspecified atom stereocenters. The number of benzene rings is 1. The number of aromatic nitrogens is 1. The lowest BCUT2D eigenvalue weighted by molar-refractivity contribution is -0.136. The lowest BCUT2D eigenvalue weighted by Crippen LogP contribution is -2.37. The Kier molecular flexibility index (Phi) is 5.94. The zero-order valence-corrected chi connectivity index (χ0v) is 14.6. The molecule has 0 bridgehead atoms. The summed E-state index contributed by atoms with van der Waals surface area (Å²) in [6, 6.07) is 8.46. The van der Waals surface area contributed by atoms with Crippen molar-refractivity contribution in [1.29, 1.82) is 0 Å². The normalized spacial score (nSPS) is 11.4. The molecular formula is C18H21N3O4. The van der Waals surface area contributed by atoms with Crippen molar-refractivity contribution in [3.05, 3.63) is 47.7 Å². The Morgan fingerprint density at radius 3 is 2.44 bits per heavy atom. The van der Waals surface area contributed by atoms with Crippen LogP contribution in [0, 0.1) is 6.92 Å². The zero-order valence-electron chi connectivity index (χ0n) is 14.6. The summed E-state index contributed by atoms with van der Waals surface area (Å²) in [6.07, 6.45) is 1.55. The highest BCUT2D eigenvalue weighted by Crippen LogP contribution is 2.29. The van der Waals surface area contributed by atoms with E-state index in [1.807, 2.05) is 0 Å². The number of aryl methyl sites for hydroxylation is 1. The van der Waals surface area contributed by atoms with Crippen molar-refractivity contribution in [2.45, 2.75) is 19.9 Å². The van der Waals surface area contributed by atoms with Gasteiger partial charge in [0.15, 0.2) is 11.5 Å². The first-order chi connectivity index (χ1) is 12.0. The summed E-state index contributed by atoms with van der Waals surface area (Å²) in [5, 5.41) is 5.15. The van der Waals surface area contributed by atoms with E-state index in [4.69, 9.17) is 9.47 Å². The summed E-state index contributed by atoms with van der Waals surface area (Å²) in [5.41, 5.74) is 1.56. The van der Waals surface area contributed by atoms with Crippen molar-refractivity contribution >= 4 is 17.6 Å². The summed E-state index contributed by atoms with van der Waals surface area (Å²) < 4.78 is 10.4. The second-order valence-electron chi connectivity index (χ2n) is 5.43. The molecule has 0 aliphatic heterocycles. The monoisotopic (exact) mass is 343 g/mol. The molecule has 7 heteroatoms. The van der Waals surface area contributed by atoms with E-state index in [1.165, 1.54) is 7.11 Å². The maximum Gasteiger partial charge on any atom is 0.314 e. The van der Waals surface area contributed by atoms with Crippen LogP contribution in [0.5, 0.6) is 11.5 Å². The maximum absolute atomic E-state index is 12.1. The highest BCUT2D eigenvalue weighted by atomic mass is 16.5. The van der Waals surface area contributed by atoms with Gasteiger partial charge in [0.25, 0.3) is 0 Å². The van der Waals surface area contributed by atoms with Gasteiger partial charge in [0, 0.05) is 6.20 Å². The van der Waals surface area contributed by atoms with Gasteiger partial charge >= 0.3 is 11.8 Å². The molecule has 0 saturated heterocycles. The molecule has 0 radical (unpaired) electrons. The Morgan fingerprint density at radius 2 is 1.80 bits per heavy atom. The highest BCUT2D eigenvalue weighted by Gasteiger charge is 2.19. The third-order valence-electron chi connectivity index (χ3n) is 3.70. The largest absolute Gasteiger partial charge is 0.493 e. The third kappa shape index (κ3) is 4.47. The lowest BCUT2D eigenvalue weighted by atomic mass is 10.1. The van der Waals surface area contributed by atoms with Gasteiger partial charge < -0.3 is 20.1 Å². The van der Waals surface area contributed by atoms with Crippen LogP contribution < -0.4 is 20.1 Å². The number of carbonyl (C=O) groups is 2. The van der Waals surface area contributed by atoms with Crippen LogP contribution >= 0.6 is 0 Å². The van der Waals surface area contributed by atoms with Crippen LogP contribution in [0.15, 0.2) is 36.5 Å². The molecule has 2 amide bonds. The minimum absolute atomic E-state index is 0.362. The summed E-state index contributed by atoms with van der Waals surface area (Å²) in [7, 11) is 3.08. The van der Waals surface area contributed by atoms with Crippen LogP contribution in [0.1, 0.15) is 24.1 Å². The Bertz CT molecular complexity index is 777. The summed E-state index contributed by atoms with van der Waals surface area (Å²) in [5.74, 6) is -0.00862. The minimum Gasteiger partial charge on any atom is -0.493 e. The van der Waals surface area contributed by atoms with Gasteiger partial charge in [0.1, 0.15) is 5.82 Å². The third-order valence-corrected chi connectivity index (χ3v) is 3.70. The van der Waals surface area contributed by atoms with Crippen molar-refractivity contribution in [3.63, 3.8) is 0 Å². The second kappa shape index (κ2) is 8.14. The molecular weight excluding hydrogens is 322 g/mol. The molecule has 0 saturated carbocycles. The SMILES string of the molecule is COc1ccc(C(C)NC(=O)C(=O)Nc2ncccc2C)cc1OC. The van der Waals surface area contributed by atoms with Crippen molar-refractivity contribution in [1.82, 2.24) is 10.3 Å². The minimum atomic E-state index is -0.769. The fraction of sp³-hybridized carbons (Fsp3) is 0.278. The van der Waals surface area contributed by atoms with Crippen LogP contribution in [-0.2, 0) is 9.59 Å². The van der Waals surface area contributed by atoms with Gasteiger partial charge in [-0.05, 0) is 43.2 Å². The number of hydrogen-bond acceptors (Lipinski definition) is 5. The van der Waals surface area contributed by atoms with E-state index in [1.54, 1.807) is 57.5 Å². The van der Waals surface area contributed by atoms with Gasteiger partial charge in [-0.2, -0.15) is 0 Å². The Labute approximate surface area is 146 Å². The molecule has 0 aliphatic rings. The highest BCUT2D eigenvalue weighted by molar-refractivity contribution is 6.39. The Morgan fingerprint density at radius 1 is 1.08 bits per heavy atom. The Balaban J connectivity index is 2.04. The fourth-order valence-electron chi connectivity index (χ4n) is 2.25. The van der Waals surface area contributed by atoms with E-state index in [-0.39, 0.29) is 6.04 Å². The molecule has 2 rings (SSSR count). The number of pyridine rings is 1. The number of amides is 2. The number of nitrogens with one attached hydrogen (secondary N) is 2. The van der Waals surface area contributed by atoms with E-state index >= 15 is 0 Å². The molecule has 0 aliphatic carbocycles. The van der Waals surface area contributed by atoms with Crippen molar-refractivity contribution < 1.29 is 19.1 Å². The number of anilines is 1. The average Bonchev–Trinajstić information content (AvgIpc) is 2.62. The van der Waals surface area contributed by atoms with Crippen molar-refractivity contribution in [2.24, 2.45) is 0 Å². The molecule has 1 aromatic heterocycles. The molecule has 132 valence electrons. The van der Waals surface area contributed by atoms with Gasteiger partial charge in [-0.1, -0.05) is 12.1 Å². The van der Waals surface area contributed by atoms with Crippen LogP contribution in [0.3, 0.4) is 0 Å². The number of rotatable bonds is 5. The molecule has 0 fully saturated rings. The topological polar surface area (TPSA) is 89.5 Å². The Hall–Kier alpha value is -3.09. The molecule has 25 heavy (non-hydrogen) atoms. The summed E-state index contributed by atoms with van der Waals surface area (Å²) in [6.45, 7) is 3.57. The van der Waals surface area contributed by atoms with E-state index in [2.05, 4.69) is 15.6 Å². The standard InChI is InChI=1S/C18H21N3O4/c1-11-6-5-9-19-16(11)21-18(23)17(22)20-12(2)13-7-8-14(24-3)15(10-13)25-4/h5-10,12H,1-4H3,(H,20,22)(H,19,21,23). The average molecular weight is 343 g/mol. The van der Waals surface area contributed by atoms with Crippen LogP contribution in [0.2, 0.25) is 0 Å². The van der Waals surface area contributed by atoms with Crippen LogP contribution in [0.25, 0.3) is 0 Å². The van der Waals surface area contributed by atoms with Gasteiger partial charge in [0.05, 0.1) is 20.3 Å². The predicted molar refractivity (Wildman–Crippen MR) is 93.7 cm³/mol. The number of nitrogens with zero attached hydrogens (tertiary/aromatic N) is 1. The number of carbonyl (C=O) groups excluding carboxylic acids is 2. The van der Waals surface area contributed by atoms with Crippen LogP contribution in [-0.4, -0.2) is 31.0 Å². The first-order valence-corrected chi connectivity index (χ1v) is 7.71. The van der Waals surface area contributed by atoms with E-state index < -0.39 is 11.8 Å². The molecule has 1 aromatic carbocycles. The lowest BCUT2D eigenvalue weighted by Gasteiger charge is -2.16. The van der Waals surface area contributed by atoms with E-state index in [9.17, 15) is 9.59 Å². The zero-order chi connectivity index (χ0) is 18.4. The first kappa shape index (κ1) is 18.3. The van der Waals surface area contributed by atoms with Crippen LogP contribution in [0.4, 0.5) is 5.82 Å². The second-order valence-corrected chi connectivity index (χ2v) is 5.43. The van der Waals surface area contributed by atoms with Gasteiger partial charge in [0.2, 0.25) is 0 Å². The summed E-state index contributed by atoms with van der Waals surface area (Å²) in [4.78, 5) is 28.2. The quantitative estimate of drug-likeness (QED) is 0.813. The van der Waals surface area contributed by atoms with Crippen molar-refractivity contribution in [3.8, 4) is 11.5 Å². The molecule has 1 atom stereocenters. The number of ether oxygens (including phenoxy) is 2. The molecule has 2 aromatic rings. The van der Waals surface area contributed by atoms with Gasteiger partial charge in [-0.3, -0.25) is 9.59 Å².